The zero-order valence-electron chi connectivity index (χ0n) is 11.5. The number of benzene rings is 1. The second-order valence-corrected chi connectivity index (χ2v) is 5.14. The van der Waals surface area contributed by atoms with Crippen LogP contribution in [0.25, 0.3) is 0 Å². The minimum Gasteiger partial charge on any atom is -0.436 e. The zero-order chi connectivity index (χ0) is 14.7. The third-order valence-electron chi connectivity index (χ3n) is 2.67. The predicted octanol–water partition coefficient (Wildman–Crippen LogP) is 4.22. The van der Waals surface area contributed by atoms with Gasteiger partial charge in [-0.2, -0.15) is 9.37 Å². The van der Waals surface area contributed by atoms with E-state index in [1.54, 1.807) is 0 Å². The summed E-state index contributed by atoms with van der Waals surface area (Å²) in [6.07, 6.45) is 1.10. The molecule has 2 rings (SSSR count). The molecule has 1 aromatic heterocycles. The maximum absolute atomic E-state index is 13.7. The molecule has 1 heterocycles. The van der Waals surface area contributed by atoms with Crippen LogP contribution in [-0.2, 0) is 0 Å². The minimum atomic E-state index is -0.593. The van der Waals surface area contributed by atoms with Crippen LogP contribution in [0.1, 0.15) is 18.1 Å². The molecule has 1 N–H and O–H groups in total. The lowest BCUT2D eigenvalue weighted by Gasteiger charge is -2.10. The first-order valence-electron chi connectivity index (χ1n) is 6.22. The molecule has 0 saturated heterocycles. The van der Waals surface area contributed by atoms with Crippen molar-refractivity contribution in [2.45, 2.75) is 20.8 Å². The Bertz CT molecular complexity index is 611. The number of hydrogen-bond acceptors (Lipinski definition) is 4. The maximum Gasteiger partial charge on any atom is 0.260 e. The summed E-state index contributed by atoms with van der Waals surface area (Å²) in [6.45, 7) is 6.46. The van der Waals surface area contributed by atoms with Crippen LogP contribution >= 0.6 is 15.9 Å². The minimum absolute atomic E-state index is 0.0860. The lowest BCUT2D eigenvalue weighted by atomic mass is 10.1. The van der Waals surface area contributed by atoms with E-state index < -0.39 is 5.82 Å². The molecule has 0 amide bonds. The van der Waals surface area contributed by atoms with Gasteiger partial charge in [0.1, 0.15) is 5.75 Å². The van der Waals surface area contributed by atoms with Crippen LogP contribution in [0.2, 0.25) is 0 Å². The van der Waals surface area contributed by atoms with E-state index in [-0.39, 0.29) is 5.88 Å². The maximum atomic E-state index is 13.7. The van der Waals surface area contributed by atoms with E-state index >= 15 is 0 Å². The molecule has 0 aliphatic heterocycles. The van der Waals surface area contributed by atoms with Gasteiger partial charge in [-0.1, -0.05) is 15.9 Å². The van der Waals surface area contributed by atoms with E-state index in [1.165, 1.54) is 0 Å². The van der Waals surface area contributed by atoms with Crippen molar-refractivity contribution in [1.29, 1.82) is 0 Å². The number of halogens is 2. The van der Waals surface area contributed by atoms with Gasteiger partial charge in [-0.05, 0) is 44.0 Å². The summed E-state index contributed by atoms with van der Waals surface area (Å²) >= 11 is 3.48. The number of aryl methyl sites for hydroxylation is 2. The smallest absolute Gasteiger partial charge is 0.260 e. The molecule has 6 heteroatoms. The van der Waals surface area contributed by atoms with Crippen molar-refractivity contribution in [3.63, 3.8) is 0 Å². The molecule has 0 aliphatic rings. The fourth-order valence-electron chi connectivity index (χ4n) is 1.74. The van der Waals surface area contributed by atoms with Crippen molar-refractivity contribution in [3.05, 3.63) is 39.7 Å². The second kappa shape index (κ2) is 6.17. The van der Waals surface area contributed by atoms with Gasteiger partial charge in [-0.25, -0.2) is 4.98 Å². The average molecular weight is 340 g/mol. The topological polar surface area (TPSA) is 47.0 Å². The fourth-order valence-corrected chi connectivity index (χ4v) is 1.97. The highest BCUT2D eigenvalue weighted by Crippen LogP contribution is 2.29. The van der Waals surface area contributed by atoms with Crippen LogP contribution < -0.4 is 10.1 Å². The Hall–Kier alpha value is -1.69. The van der Waals surface area contributed by atoms with Gasteiger partial charge in [0.15, 0.2) is 0 Å². The third kappa shape index (κ3) is 3.25. The van der Waals surface area contributed by atoms with Gasteiger partial charge in [0.2, 0.25) is 11.8 Å². The van der Waals surface area contributed by atoms with Crippen molar-refractivity contribution in [2.75, 3.05) is 11.9 Å². The number of aromatic nitrogens is 2. The quantitative estimate of drug-likeness (QED) is 0.905. The van der Waals surface area contributed by atoms with Gasteiger partial charge in [-0.3, -0.25) is 0 Å². The average Bonchev–Trinajstić information content (AvgIpc) is 2.40. The summed E-state index contributed by atoms with van der Waals surface area (Å²) in [5.74, 6) is 0.208. The summed E-state index contributed by atoms with van der Waals surface area (Å²) in [5, 5.41) is 2.92. The van der Waals surface area contributed by atoms with Crippen LogP contribution in [0.3, 0.4) is 0 Å². The molecular formula is C14H15BrFN3O. The van der Waals surface area contributed by atoms with Crippen LogP contribution in [0.4, 0.5) is 10.3 Å². The van der Waals surface area contributed by atoms with E-state index in [1.807, 2.05) is 32.9 Å². The molecule has 1 aromatic carbocycles. The molecule has 0 spiro atoms. The van der Waals surface area contributed by atoms with Gasteiger partial charge in [0.25, 0.3) is 5.88 Å². The highest BCUT2D eigenvalue weighted by Gasteiger charge is 2.11. The number of anilines is 1. The Morgan fingerprint density at radius 2 is 1.95 bits per heavy atom. The summed E-state index contributed by atoms with van der Waals surface area (Å²) < 4.78 is 20.2. The lowest BCUT2D eigenvalue weighted by molar-refractivity contribution is 0.420. The molecule has 0 fully saturated rings. The molecule has 0 aliphatic carbocycles. The normalized spacial score (nSPS) is 10.4. The van der Waals surface area contributed by atoms with Crippen molar-refractivity contribution in [1.82, 2.24) is 9.97 Å². The number of nitrogens with one attached hydrogen (secondary N) is 1. The molecule has 4 nitrogen and oxygen atoms in total. The fraction of sp³-hybridized carbons (Fsp3) is 0.286. The van der Waals surface area contributed by atoms with Crippen LogP contribution in [-0.4, -0.2) is 16.5 Å². The van der Waals surface area contributed by atoms with Crippen molar-refractivity contribution in [2.24, 2.45) is 0 Å². The molecule has 0 saturated carbocycles. The molecular weight excluding hydrogens is 325 g/mol. The molecule has 0 bridgehead atoms. The molecule has 2 aromatic rings. The monoisotopic (exact) mass is 339 g/mol. The summed E-state index contributed by atoms with van der Waals surface area (Å²) in [7, 11) is 0. The Morgan fingerprint density at radius 3 is 2.55 bits per heavy atom. The van der Waals surface area contributed by atoms with Crippen molar-refractivity contribution in [3.8, 4) is 11.6 Å². The molecule has 0 radical (unpaired) electrons. The highest BCUT2D eigenvalue weighted by atomic mass is 79.9. The molecule has 106 valence electrons. The van der Waals surface area contributed by atoms with Crippen LogP contribution in [0, 0.1) is 19.7 Å². The molecule has 20 heavy (non-hydrogen) atoms. The van der Waals surface area contributed by atoms with Crippen LogP contribution in [0.15, 0.2) is 22.8 Å². The molecule has 0 unspecified atom stereocenters. The Balaban J connectivity index is 2.32. The third-order valence-corrected chi connectivity index (χ3v) is 3.92. The van der Waals surface area contributed by atoms with E-state index in [9.17, 15) is 4.39 Å². The second-order valence-electron chi connectivity index (χ2n) is 4.35. The zero-order valence-corrected chi connectivity index (χ0v) is 13.1. The standard InChI is InChI=1S/C14H15BrFN3O/c1-4-17-14-18-7-11(16)13(19-14)20-10-5-8(2)12(15)9(3)6-10/h5-7H,4H2,1-3H3,(H,17,18,19). The van der Waals surface area contributed by atoms with Crippen molar-refractivity contribution >= 4 is 21.9 Å². The largest absolute Gasteiger partial charge is 0.436 e. The Labute approximate surface area is 125 Å². The van der Waals surface area contributed by atoms with Gasteiger partial charge >= 0.3 is 0 Å². The van der Waals surface area contributed by atoms with E-state index in [0.717, 1.165) is 21.8 Å². The number of nitrogens with zero attached hydrogens (tertiary/aromatic N) is 2. The lowest BCUT2D eigenvalue weighted by Crippen LogP contribution is -2.04. The Morgan fingerprint density at radius 1 is 1.30 bits per heavy atom. The first kappa shape index (κ1) is 14.7. The Kier molecular flexibility index (Phi) is 4.54. The van der Waals surface area contributed by atoms with Gasteiger partial charge < -0.3 is 10.1 Å². The van der Waals surface area contributed by atoms with E-state index in [2.05, 4.69) is 31.2 Å². The highest BCUT2D eigenvalue weighted by molar-refractivity contribution is 9.10. The first-order valence-corrected chi connectivity index (χ1v) is 7.01. The first-order chi connectivity index (χ1) is 9.51. The number of hydrogen-bond donors (Lipinski definition) is 1. The predicted molar refractivity (Wildman–Crippen MR) is 79.8 cm³/mol. The van der Waals surface area contributed by atoms with Gasteiger partial charge in [0, 0.05) is 11.0 Å². The number of ether oxygens (including phenoxy) is 1. The van der Waals surface area contributed by atoms with Crippen LogP contribution in [0.5, 0.6) is 11.6 Å². The summed E-state index contributed by atoms with van der Waals surface area (Å²) in [5.41, 5.74) is 2.03. The number of rotatable bonds is 4. The van der Waals surface area contributed by atoms with Gasteiger partial charge in [-0.15, -0.1) is 0 Å². The molecule has 0 atom stereocenters. The van der Waals surface area contributed by atoms with Crippen molar-refractivity contribution < 1.29 is 9.13 Å². The SMILES string of the molecule is CCNc1ncc(F)c(Oc2cc(C)c(Br)c(C)c2)n1. The van der Waals surface area contributed by atoms with Gasteiger partial charge in [0.05, 0.1) is 6.20 Å². The van der Waals surface area contributed by atoms with E-state index in [0.29, 0.717) is 18.2 Å². The summed E-state index contributed by atoms with van der Waals surface area (Å²) in [4.78, 5) is 7.84. The summed E-state index contributed by atoms with van der Waals surface area (Å²) in [6, 6.07) is 3.65. The van der Waals surface area contributed by atoms with E-state index in [4.69, 9.17) is 4.74 Å².